The zero-order valence-electron chi connectivity index (χ0n) is 15.2. The molecule has 0 aliphatic rings. The molecule has 1 atom stereocenters. The maximum Gasteiger partial charge on any atom is 0.416 e. The van der Waals surface area contributed by atoms with Crippen molar-refractivity contribution in [1.82, 2.24) is 5.32 Å². The lowest BCUT2D eigenvalue weighted by molar-refractivity contribution is -0.891. The fourth-order valence-electron chi connectivity index (χ4n) is 2.54. The van der Waals surface area contributed by atoms with Crippen LogP contribution in [0, 0.1) is 10.1 Å². The van der Waals surface area contributed by atoms with Crippen LogP contribution in [0.3, 0.4) is 0 Å². The number of hydrogen-bond donors (Lipinski definition) is 3. The highest BCUT2D eigenvalue weighted by atomic mass is 19.4. The summed E-state index contributed by atoms with van der Waals surface area (Å²) < 4.78 is 43.5. The Balaban J connectivity index is 1.99. The number of halogens is 3. The van der Waals surface area contributed by atoms with Gasteiger partial charge in [-0.2, -0.15) is 13.2 Å². The molecule has 0 fully saturated rings. The number of anilines is 1. The summed E-state index contributed by atoms with van der Waals surface area (Å²) in [6, 6.07) is 5.47. The Morgan fingerprint density at radius 2 is 2.04 bits per heavy atom. The maximum atomic E-state index is 12.7. The molecule has 1 heterocycles. The molecule has 0 unspecified atom stereocenters. The molecular formula is C17H20F3N4O4+. The third kappa shape index (κ3) is 5.46. The molecule has 1 aromatic carbocycles. The van der Waals surface area contributed by atoms with E-state index in [9.17, 15) is 28.1 Å². The Kier molecular flexibility index (Phi) is 6.62. The average Bonchev–Trinajstić information content (AvgIpc) is 3.13. The van der Waals surface area contributed by atoms with Gasteiger partial charge in [0.1, 0.15) is 5.69 Å². The minimum Gasteiger partial charge on any atom is -0.463 e. The van der Waals surface area contributed by atoms with Crippen LogP contribution in [0.15, 0.2) is 41.0 Å². The van der Waals surface area contributed by atoms with Crippen LogP contribution >= 0.6 is 0 Å². The predicted molar refractivity (Wildman–Crippen MR) is 93.9 cm³/mol. The van der Waals surface area contributed by atoms with Gasteiger partial charge in [-0.15, -0.1) is 0 Å². The van der Waals surface area contributed by atoms with Crippen molar-refractivity contribution < 1.29 is 32.2 Å². The zero-order chi connectivity index (χ0) is 20.9. The Morgan fingerprint density at radius 1 is 1.32 bits per heavy atom. The smallest absolute Gasteiger partial charge is 0.416 e. The van der Waals surface area contributed by atoms with E-state index in [-0.39, 0.29) is 24.8 Å². The molecule has 2 rings (SSSR count). The molecule has 0 aliphatic carbocycles. The van der Waals surface area contributed by atoms with Gasteiger partial charge in [0.25, 0.3) is 5.69 Å². The van der Waals surface area contributed by atoms with E-state index in [4.69, 9.17) is 4.42 Å². The summed E-state index contributed by atoms with van der Waals surface area (Å²) in [5.41, 5.74) is -2.06. The third-order valence-electron chi connectivity index (χ3n) is 4.05. The van der Waals surface area contributed by atoms with E-state index in [0.717, 1.165) is 17.0 Å². The van der Waals surface area contributed by atoms with Gasteiger partial charge in [0, 0.05) is 6.07 Å². The Labute approximate surface area is 158 Å². The van der Waals surface area contributed by atoms with Gasteiger partial charge < -0.3 is 20.0 Å². The van der Waals surface area contributed by atoms with Crippen LogP contribution in [0.4, 0.5) is 24.5 Å². The third-order valence-corrected chi connectivity index (χ3v) is 4.05. The lowest BCUT2D eigenvalue weighted by Crippen LogP contribution is -3.07. The number of quaternary nitrogens is 1. The van der Waals surface area contributed by atoms with Gasteiger partial charge in [0.2, 0.25) is 5.91 Å². The Morgan fingerprint density at radius 3 is 2.57 bits per heavy atom. The maximum absolute atomic E-state index is 12.7. The van der Waals surface area contributed by atoms with Crippen molar-refractivity contribution in [1.29, 1.82) is 0 Å². The molecule has 0 spiro atoms. The number of rotatable bonds is 8. The molecule has 0 saturated heterocycles. The molecule has 8 nitrogen and oxygen atoms in total. The quantitative estimate of drug-likeness (QED) is 0.461. The molecule has 152 valence electrons. The second kappa shape index (κ2) is 8.74. The number of carbonyl (C=O) groups excluding carboxylic acids is 1. The van der Waals surface area contributed by atoms with Crippen LogP contribution in [-0.2, 0) is 11.0 Å². The number of nitro groups is 1. The summed E-state index contributed by atoms with van der Waals surface area (Å²) in [6.07, 6.45) is -3.17. The molecule has 0 saturated carbocycles. The zero-order valence-corrected chi connectivity index (χ0v) is 15.2. The number of benzene rings is 1. The molecule has 1 aromatic heterocycles. The number of carbonyl (C=O) groups is 1. The minimum atomic E-state index is -4.70. The summed E-state index contributed by atoms with van der Waals surface area (Å²) in [6.45, 7) is -0.0781. The van der Waals surface area contributed by atoms with Crippen LogP contribution in [0.1, 0.15) is 17.4 Å². The average molecular weight is 401 g/mol. The van der Waals surface area contributed by atoms with Crippen molar-refractivity contribution in [2.75, 3.05) is 32.5 Å². The fraction of sp³-hybridized carbons (Fsp3) is 0.353. The van der Waals surface area contributed by atoms with Gasteiger partial charge in [0.15, 0.2) is 11.8 Å². The molecule has 0 aliphatic heterocycles. The van der Waals surface area contributed by atoms with Crippen molar-refractivity contribution in [3.05, 3.63) is 58.0 Å². The van der Waals surface area contributed by atoms with Crippen molar-refractivity contribution in [2.24, 2.45) is 0 Å². The van der Waals surface area contributed by atoms with E-state index in [2.05, 4.69) is 10.6 Å². The highest BCUT2D eigenvalue weighted by Crippen LogP contribution is 2.34. The van der Waals surface area contributed by atoms with Gasteiger partial charge >= 0.3 is 6.18 Å². The van der Waals surface area contributed by atoms with E-state index in [1.807, 2.05) is 14.1 Å². The molecular weight excluding hydrogens is 381 g/mol. The number of amides is 1. The van der Waals surface area contributed by atoms with Crippen LogP contribution in [0.2, 0.25) is 0 Å². The highest BCUT2D eigenvalue weighted by Gasteiger charge is 2.33. The number of likely N-dealkylation sites (N-methyl/N-ethyl adjacent to an activating group) is 1. The SMILES string of the molecule is C[NH+](C)[C@H](CNC(=O)CNc1ccc(C(F)(F)F)cc1[N+](=O)[O-])c1ccco1. The van der Waals surface area contributed by atoms with Crippen molar-refractivity contribution in [3.63, 3.8) is 0 Å². The molecule has 0 radical (unpaired) electrons. The van der Waals surface area contributed by atoms with E-state index in [0.29, 0.717) is 11.8 Å². The number of nitrogens with zero attached hydrogens (tertiary/aromatic N) is 1. The lowest BCUT2D eigenvalue weighted by Gasteiger charge is -2.20. The first kappa shape index (κ1) is 21.2. The number of nitrogens with one attached hydrogen (secondary N) is 3. The normalized spacial score (nSPS) is 12.6. The molecule has 2 aromatic rings. The van der Waals surface area contributed by atoms with Gasteiger partial charge in [-0.3, -0.25) is 14.9 Å². The first-order chi connectivity index (χ1) is 13.1. The lowest BCUT2D eigenvalue weighted by atomic mass is 10.1. The van der Waals surface area contributed by atoms with E-state index >= 15 is 0 Å². The number of alkyl halides is 3. The standard InChI is InChI=1S/C17H19F3N4O4/c1-23(2)14(15-4-3-7-28-15)9-22-16(25)10-21-12-6-5-11(17(18,19)20)8-13(12)24(26)27/h3-8,14,21H,9-10H2,1-2H3,(H,22,25)/p+1/t14-/m1/s1. The van der Waals surface area contributed by atoms with Gasteiger partial charge in [0.05, 0.1) is 43.9 Å². The Bertz CT molecular complexity index is 822. The van der Waals surface area contributed by atoms with Gasteiger partial charge in [-0.05, 0) is 24.3 Å². The first-order valence-electron chi connectivity index (χ1n) is 8.29. The summed E-state index contributed by atoms with van der Waals surface area (Å²) >= 11 is 0. The topological polar surface area (TPSA) is 102 Å². The number of furan rings is 1. The van der Waals surface area contributed by atoms with Crippen LogP contribution in [0.5, 0.6) is 0 Å². The van der Waals surface area contributed by atoms with Gasteiger partial charge in [-0.1, -0.05) is 0 Å². The second-order valence-electron chi connectivity index (χ2n) is 6.29. The van der Waals surface area contributed by atoms with E-state index in [1.165, 1.54) is 6.26 Å². The summed E-state index contributed by atoms with van der Waals surface area (Å²) in [5.74, 6) is 0.221. The van der Waals surface area contributed by atoms with Gasteiger partial charge in [-0.25, -0.2) is 0 Å². The van der Waals surface area contributed by atoms with Crippen molar-refractivity contribution >= 4 is 17.3 Å². The number of hydrogen-bond acceptors (Lipinski definition) is 5. The van der Waals surface area contributed by atoms with Crippen LogP contribution in [0.25, 0.3) is 0 Å². The summed E-state index contributed by atoms with van der Waals surface area (Å²) in [4.78, 5) is 23.2. The molecule has 1 amide bonds. The van der Waals surface area contributed by atoms with Crippen LogP contribution < -0.4 is 15.5 Å². The molecule has 0 bridgehead atoms. The number of nitro benzene ring substituents is 1. The predicted octanol–water partition coefficient (Wildman–Crippen LogP) is 1.62. The Hall–Kier alpha value is -3.08. The summed E-state index contributed by atoms with van der Waals surface area (Å²) in [5, 5.41) is 16.2. The molecule has 28 heavy (non-hydrogen) atoms. The minimum absolute atomic E-state index is 0.139. The van der Waals surface area contributed by atoms with Crippen molar-refractivity contribution in [2.45, 2.75) is 12.2 Å². The first-order valence-corrected chi connectivity index (χ1v) is 8.29. The second-order valence-corrected chi connectivity index (χ2v) is 6.29. The highest BCUT2D eigenvalue weighted by molar-refractivity contribution is 5.81. The van der Waals surface area contributed by atoms with Crippen molar-refractivity contribution in [3.8, 4) is 0 Å². The molecule has 3 N–H and O–H groups in total. The molecule has 11 heteroatoms. The van der Waals surface area contributed by atoms with E-state index in [1.54, 1.807) is 12.1 Å². The summed E-state index contributed by atoms with van der Waals surface area (Å²) in [7, 11) is 3.78. The van der Waals surface area contributed by atoms with E-state index < -0.39 is 28.3 Å². The van der Waals surface area contributed by atoms with Crippen LogP contribution in [-0.4, -0.2) is 38.0 Å². The fourth-order valence-corrected chi connectivity index (χ4v) is 2.54. The monoisotopic (exact) mass is 401 g/mol. The largest absolute Gasteiger partial charge is 0.463 e.